The second-order valence-corrected chi connectivity index (χ2v) is 15.0. The van der Waals surface area contributed by atoms with E-state index in [4.69, 9.17) is 15.6 Å². The number of anilines is 2. The van der Waals surface area contributed by atoms with Crippen LogP contribution in [0.25, 0.3) is 22.3 Å². The monoisotopic (exact) mass is 723 g/mol. The van der Waals surface area contributed by atoms with Gasteiger partial charge in [-0.05, 0) is 85.7 Å². The summed E-state index contributed by atoms with van der Waals surface area (Å²) in [6.45, 7) is 3.70. The van der Waals surface area contributed by atoms with Gasteiger partial charge in [-0.3, -0.25) is 34.3 Å². The summed E-state index contributed by atoms with van der Waals surface area (Å²) in [6, 6.07) is 22.5. The van der Waals surface area contributed by atoms with E-state index in [1.54, 1.807) is 12.1 Å². The van der Waals surface area contributed by atoms with Crippen LogP contribution in [0.5, 0.6) is 11.5 Å². The number of nitrogen functional groups attached to an aromatic ring is 1. The molecular weight excluding hydrogens is 686 g/mol. The molecule has 14 heteroatoms. The smallest absolute Gasteiger partial charge is 0.262 e. The molecule has 5 aliphatic rings. The first-order valence-corrected chi connectivity index (χ1v) is 18.5. The Hall–Kier alpha value is -6.15. The van der Waals surface area contributed by atoms with Crippen molar-refractivity contribution in [1.29, 1.82) is 0 Å². The number of fused-ring (bicyclic) bond motifs is 3. The molecule has 4 atom stereocenters. The van der Waals surface area contributed by atoms with Gasteiger partial charge in [0.25, 0.3) is 11.8 Å². The maximum atomic E-state index is 13.3. The number of nitrogens with one attached hydrogen (secondary N) is 1. The molecule has 4 aliphatic heterocycles. The maximum Gasteiger partial charge on any atom is 0.262 e. The van der Waals surface area contributed by atoms with Crippen molar-refractivity contribution >= 4 is 46.2 Å². The van der Waals surface area contributed by atoms with Crippen LogP contribution < -0.4 is 20.7 Å². The zero-order chi connectivity index (χ0) is 36.7. The molecule has 2 aromatic heterocycles. The highest BCUT2D eigenvalue weighted by Crippen LogP contribution is 2.47. The third-order valence-corrected chi connectivity index (χ3v) is 11.9. The molecule has 3 saturated heterocycles. The van der Waals surface area contributed by atoms with E-state index in [2.05, 4.69) is 29.8 Å². The standard InChI is InChI=1S/C40H37N9O5/c41-36-34-35(22-6-9-29(10-7-22)54-28-4-2-1-3-5-28)45-49(37(34)43-21-42-36)26-14-23-17-46(18-24(23)15-26)27-19-47(20-27)25-8-11-30-31(16-25)40(53)48(39(30)52)32-12-13-33(50)44-38(32)51/h1-11,16,21,23-24,26-27,32H,12-15,17-20H2,(H2,41,42,43)(H,44,50,51)/t23-,24?,26+,32?/m0/s1. The fourth-order valence-electron chi connectivity index (χ4n) is 9.11. The summed E-state index contributed by atoms with van der Waals surface area (Å²) >= 11 is 0. The number of benzene rings is 3. The normalized spacial score (nSPS) is 24.2. The zero-order valence-corrected chi connectivity index (χ0v) is 29.3. The number of aromatic nitrogens is 4. The van der Waals surface area contributed by atoms with Crippen LogP contribution in [-0.4, -0.2) is 91.4 Å². The van der Waals surface area contributed by atoms with Crippen molar-refractivity contribution in [3.05, 3.63) is 90.3 Å². The van der Waals surface area contributed by atoms with Gasteiger partial charge in [-0.25, -0.2) is 14.6 Å². The molecule has 0 radical (unpaired) electrons. The van der Waals surface area contributed by atoms with Crippen LogP contribution in [0.4, 0.5) is 11.5 Å². The minimum absolute atomic E-state index is 0.0931. The quantitative estimate of drug-likeness (QED) is 0.233. The second-order valence-electron chi connectivity index (χ2n) is 15.0. The second kappa shape index (κ2) is 12.5. The van der Waals surface area contributed by atoms with E-state index < -0.39 is 29.7 Å². The molecule has 272 valence electrons. The minimum atomic E-state index is -0.972. The van der Waals surface area contributed by atoms with Gasteiger partial charge in [0.15, 0.2) is 5.65 Å². The molecule has 14 nitrogen and oxygen atoms in total. The Morgan fingerprint density at radius 2 is 1.50 bits per heavy atom. The van der Waals surface area contributed by atoms with E-state index in [-0.39, 0.29) is 18.9 Å². The molecule has 10 rings (SSSR count). The first-order chi connectivity index (χ1) is 26.3. The SMILES string of the molecule is Nc1ncnc2c1c(-c1ccc(Oc3ccccc3)cc1)nn2[C@H]1CC2CN(C3CN(c4ccc5c(c4)C(=O)N(C4CCC(=O)NC4=O)C5=O)C3)C[C@@H]2C1. The van der Waals surface area contributed by atoms with E-state index in [1.807, 2.05) is 60.7 Å². The molecule has 2 unspecified atom stereocenters. The number of carbonyl (C=O) groups is 4. The number of likely N-dealkylation sites (tertiary alicyclic amines) is 1. The summed E-state index contributed by atoms with van der Waals surface area (Å²) in [5.41, 5.74) is 10.4. The van der Waals surface area contributed by atoms with Crippen molar-refractivity contribution in [3.63, 3.8) is 0 Å². The first-order valence-electron chi connectivity index (χ1n) is 18.5. The molecular formula is C40H37N9O5. The Bertz CT molecular complexity index is 2340. The number of amides is 4. The predicted molar refractivity (Wildman–Crippen MR) is 198 cm³/mol. The number of rotatable bonds is 7. The van der Waals surface area contributed by atoms with Crippen LogP contribution in [-0.2, 0) is 9.59 Å². The molecule has 3 N–H and O–H groups in total. The van der Waals surface area contributed by atoms with Crippen molar-refractivity contribution in [2.45, 2.75) is 43.8 Å². The summed E-state index contributed by atoms with van der Waals surface area (Å²) in [7, 11) is 0. The molecule has 5 aromatic rings. The lowest BCUT2D eigenvalue weighted by atomic mass is 10.0. The number of carbonyl (C=O) groups excluding carboxylic acids is 4. The van der Waals surface area contributed by atoms with Gasteiger partial charge in [0.2, 0.25) is 11.8 Å². The van der Waals surface area contributed by atoms with Crippen molar-refractivity contribution in [1.82, 2.24) is 34.9 Å². The largest absolute Gasteiger partial charge is 0.457 e. The molecule has 1 saturated carbocycles. The third kappa shape index (κ3) is 5.31. The van der Waals surface area contributed by atoms with Crippen LogP contribution in [0.3, 0.4) is 0 Å². The molecule has 4 amide bonds. The van der Waals surface area contributed by atoms with Crippen LogP contribution in [0.15, 0.2) is 79.1 Å². The fraction of sp³-hybridized carbons (Fsp3) is 0.325. The number of hydrogen-bond donors (Lipinski definition) is 2. The molecule has 54 heavy (non-hydrogen) atoms. The van der Waals surface area contributed by atoms with Crippen LogP contribution in [0, 0.1) is 11.8 Å². The van der Waals surface area contributed by atoms with Crippen LogP contribution >= 0.6 is 0 Å². The predicted octanol–water partition coefficient (Wildman–Crippen LogP) is 4.04. The fourth-order valence-corrected chi connectivity index (χ4v) is 9.11. The average Bonchev–Trinajstić information content (AvgIpc) is 3.90. The van der Waals surface area contributed by atoms with E-state index >= 15 is 0 Å². The molecule has 0 bridgehead atoms. The van der Waals surface area contributed by atoms with Gasteiger partial charge in [0.1, 0.15) is 35.4 Å². The number of ether oxygens (including phenoxy) is 1. The highest BCUT2D eigenvalue weighted by atomic mass is 16.5. The highest BCUT2D eigenvalue weighted by molar-refractivity contribution is 6.23. The van der Waals surface area contributed by atoms with Gasteiger partial charge in [0, 0.05) is 49.9 Å². The Morgan fingerprint density at radius 3 is 2.24 bits per heavy atom. The summed E-state index contributed by atoms with van der Waals surface area (Å²) in [4.78, 5) is 65.4. The third-order valence-electron chi connectivity index (χ3n) is 11.9. The summed E-state index contributed by atoms with van der Waals surface area (Å²) in [6.07, 6.45) is 3.76. The van der Waals surface area contributed by atoms with Crippen molar-refractivity contribution in [2.24, 2.45) is 11.8 Å². The molecule has 3 aromatic carbocycles. The van der Waals surface area contributed by atoms with E-state index in [0.29, 0.717) is 34.8 Å². The molecule has 6 heterocycles. The van der Waals surface area contributed by atoms with Gasteiger partial charge in [-0.15, -0.1) is 0 Å². The Labute approximate surface area is 309 Å². The van der Waals surface area contributed by atoms with E-state index in [9.17, 15) is 19.2 Å². The Morgan fingerprint density at radius 1 is 0.778 bits per heavy atom. The summed E-state index contributed by atoms with van der Waals surface area (Å²) < 4.78 is 8.08. The summed E-state index contributed by atoms with van der Waals surface area (Å²) in [5.74, 6) is 1.04. The molecule has 4 fully saturated rings. The van der Waals surface area contributed by atoms with E-state index in [1.165, 1.54) is 6.33 Å². The van der Waals surface area contributed by atoms with Crippen molar-refractivity contribution in [2.75, 3.05) is 36.8 Å². The number of piperidine rings is 1. The Balaban J connectivity index is 0.792. The van der Waals surface area contributed by atoms with Gasteiger partial charge < -0.3 is 15.4 Å². The zero-order valence-electron chi connectivity index (χ0n) is 29.3. The van der Waals surface area contributed by atoms with Crippen LogP contribution in [0.1, 0.15) is 52.4 Å². The minimum Gasteiger partial charge on any atom is -0.457 e. The first kappa shape index (κ1) is 32.5. The lowest BCUT2D eigenvalue weighted by Crippen LogP contribution is -2.59. The van der Waals surface area contributed by atoms with Gasteiger partial charge in [0.05, 0.1) is 22.6 Å². The lowest BCUT2D eigenvalue weighted by molar-refractivity contribution is -0.136. The number of nitrogens with two attached hydrogens (primary N) is 1. The van der Waals surface area contributed by atoms with Crippen molar-refractivity contribution < 1.29 is 23.9 Å². The molecule has 0 spiro atoms. The number of para-hydroxylation sites is 1. The van der Waals surface area contributed by atoms with Gasteiger partial charge >= 0.3 is 0 Å². The van der Waals surface area contributed by atoms with Gasteiger partial charge in [-0.1, -0.05) is 18.2 Å². The van der Waals surface area contributed by atoms with E-state index in [0.717, 1.165) is 83.4 Å². The van der Waals surface area contributed by atoms with Crippen molar-refractivity contribution in [3.8, 4) is 22.8 Å². The number of hydrogen-bond acceptors (Lipinski definition) is 11. The van der Waals surface area contributed by atoms with Gasteiger partial charge in [-0.2, -0.15) is 5.10 Å². The maximum absolute atomic E-state index is 13.3. The summed E-state index contributed by atoms with van der Waals surface area (Å²) in [5, 5.41) is 8.15. The lowest BCUT2D eigenvalue weighted by Gasteiger charge is -2.46. The number of nitrogens with zero attached hydrogens (tertiary/aromatic N) is 7. The molecule has 1 aliphatic carbocycles. The Kier molecular flexibility index (Phi) is 7.51. The highest BCUT2D eigenvalue weighted by Gasteiger charge is 2.48. The topological polar surface area (TPSA) is 169 Å². The number of imide groups is 2. The van der Waals surface area contributed by atoms with Crippen LogP contribution in [0.2, 0.25) is 0 Å². The average molecular weight is 724 g/mol.